The Morgan fingerprint density at radius 1 is 0.933 bits per heavy atom. The van der Waals surface area contributed by atoms with Crippen LogP contribution in [0, 0.1) is 0 Å². The molecule has 0 radical (unpaired) electrons. The SMILES string of the molecule is CNc1ccc(Nc2ccccn2)cc1. The number of pyridine rings is 1. The van der Waals surface area contributed by atoms with Crippen molar-refractivity contribution in [2.24, 2.45) is 0 Å². The molecule has 76 valence electrons. The smallest absolute Gasteiger partial charge is 0.130 e. The zero-order valence-electron chi connectivity index (χ0n) is 8.57. The fraction of sp³-hybridized carbons (Fsp3) is 0.0833. The average Bonchev–Trinajstić information content (AvgIpc) is 2.31. The van der Waals surface area contributed by atoms with Crippen LogP contribution in [0.25, 0.3) is 0 Å². The molecule has 3 heteroatoms. The van der Waals surface area contributed by atoms with E-state index in [1.54, 1.807) is 6.20 Å². The molecule has 15 heavy (non-hydrogen) atoms. The van der Waals surface area contributed by atoms with Gasteiger partial charge in [-0.25, -0.2) is 4.98 Å². The van der Waals surface area contributed by atoms with Gasteiger partial charge in [0.1, 0.15) is 5.82 Å². The van der Waals surface area contributed by atoms with E-state index in [4.69, 9.17) is 0 Å². The Morgan fingerprint density at radius 3 is 2.27 bits per heavy atom. The van der Waals surface area contributed by atoms with Crippen molar-refractivity contribution >= 4 is 17.2 Å². The molecule has 0 saturated heterocycles. The second kappa shape index (κ2) is 4.46. The Balaban J connectivity index is 2.11. The zero-order valence-corrected chi connectivity index (χ0v) is 8.57. The van der Waals surface area contributed by atoms with Crippen molar-refractivity contribution in [2.75, 3.05) is 17.7 Å². The van der Waals surface area contributed by atoms with E-state index in [2.05, 4.69) is 15.6 Å². The summed E-state index contributed by atoms with van der Waals surface area (Å²) in [6, 6.07) is 13.9. The van der Waals surface area contributed by atoms with Crippen LogP contribution >= 0.6 is 0 Å². The van der Waals surface area contributed by atoms with Crippen molar-refractivity contribution in [3.8, 4) is 0 Å². The molecule has 1 aromatic carbocycles. The molecule has 2 rings (SSSR count). The summed E-state index contributed by atoms with van der Waals surface area (Å²) in [6.07, 6.45) is 1.77. The minimum absolute atomic E-state index is 0.856. The maximum Gasteiger partial charge on any atom is 0.130 e. The van der Waals surface area contributed by atoms with Crippen LogP contribution in [0.3, 0.4) is 0 Å². The molecule has 0 fully saturated rings. The maximum absolute atomic E-state index is 4.19. The van der Waals surface area contributed by atoms with Crippen LogP contribution in [0.15, 0.2) is 48.7 Å². The third-order valence-corrected chi connectivity index (χ3v) is 2.11. The highest BCUT2D eigenvalue weighted by molar-refractivity contribution is 5.59. The Bertz CT molecular complexity index is 409. The summed E-state index contributed by atoms with van der Waals surface area (Å²) >= 11 is 0. The first kappa shape index (κ1) is 9.52. The first-order valence-electron chi connectivity index (χ1n) is 4.84. The first-order valence-corrected chi connectivity index (χ1v) is 4.84. The van der Waals surface area contributed by atoms with Crippen LogP contribution in [0.1, 0.15) is 0 Å². The lowest BCUT2D eigenvalue weighted by atomic mass is 10.3. The summed E-state index contributed by atoms with van der Waals surface area (Å²) in [4.78, 5) is 4.19. The van der Waals surface area contributed by atoms with Gasteiger partial charge >= 0.3 is 0 Å². The van der Waals surface area contributed by atoms with Crippen molar-refractivity contribution in [3.05, 3.63) is 48.7 Å². The molecule has 2 aromatic rings. The quantitative estimate of drug-likeness (QED) is 0.798. The molecule has 2 N–H and O–H groups in total. The molecule has 0 atom stereocenters. The topological polar surface area (TPSA) is 37.0 Å². The van der Waals surface area contributed by atoms with Crippen molar-refractivity contribution in [3.63, 3.8) is 0 Å². The second-order valence-corrected chi connectivity index (χ2v) is 3.17. The molecule has 0 saturated carbocycles. The molecular weight excluding hydrogens is 186 g/mol. The van der Waals surface area contributed by atoms with E-state index in [0.29, 0.717) is 0 Å². The first-order chi connectivity index (χ1) is 7.38. The van der Waals surface area contributed by atoms with Gasteiger partial charge in [0.25, 0.3) is 0 Å². The van der Waals surface area contributed by atoms with Crippen LogP contribution in [-0.4, -0.2) is 12.0 Å². The molecule has 0 aliphatic carbocycles. The van der Waals surface area contributed by atoms with Crippen molar-refractivity contribution in [1.29, 1.82) is 0 Å². The van der Waals surface area contributed by atoms with E-state index in [1.165, 1.54) is 0 Å². The standard InChI is InChI=1S/C12H13N3/c1-13-10-5-7-11(8-6-10)15-12-4-2-3-9-14-12/h2-9,13H,1H3,(H,14,15). The molecule has 0 aliphatic heterocycles. The highest BCUT2D eigenvalue weighted by Gasteiger charge is 1.94. The van der Waals surface area contributed by atoms with Gasteiger partial charge < -0.3 is 10.6 Å². The number of anilines is 3. The number of nitrogens with zero attached hydrogens (tertiary/aromatic N) is 1. The van der Waals surface area contributed by atoms with E-state index in [-0.39, 0.29) is 0 Å². The summed E-state index contributed by atoms with van der Waals surface area (Å²) in [5.74, 6) is 0.856. The molecule has 0 aliphatic rings. The highest BCUT2D eigenvalue weighted by Crippen LogP contribution is 2.16. The van der Waals surface area contributed by atoms with E-state index < -0.39 is 0 Å². The van der Waals surface area contributed by atoms with Gasteiger partial charge in [0, 0.05) is 24.6 Å². The molecule has 0 amide bonds. The van der Waals surface area contributed by atoms with Crippen LogP contribution in [0.4, 0.5) is 17.2 Å². The lowest BCUT2D eigenvalue weighted by Gasteiger charge is -2.06. The fourth-order valence-electron chi connectivity index (χ4n) is 1.30. The van der Waals surface area contributed by atoms with E-state index in [0.717, 1.165) is 17.2 Å². The number of hydrogen-bond donors (Lipinski definition) is 2. The monoisotopic (exact) mass is 199 g/mol. The molecule has 0 spiro atoms. The minimum atomic E-state index is 0.856. The largest absolute Gasteiger partial charge is 0.388 e. The summed E-state index contributed by atoms with van der Waals surface area (Å²) in [6.45, 7) is 0. The molecular formula is C12H13N3. The molecule has 3 nitrogen and oxygen atoms in total. The van der Waals surface area contributed by atoms with E-state index >= 15 is 0 Å². The number of benzene rings is 1. The Kier molecular flexibility index (Phi) is 2.83. The third-order valence-electron chi connectivity index (χ3n) is 2.11. The highest BCUT2D eigenvalue weighted by atomic mass is 15.0. The van der Waals surface area contributed by atoms with Crippen molar-refractivity contribution in [1.82, 2.24) is 4.98 Å². The van der Waals surface area contributed by atoms with E-state index in [9.17, 15) is 0 Å². The molecule has 0 bridgehead atoms. The van der Waals surface area contributed by atoms with Gasteiger partial charge in [-0.15, -0.1) is 0 Å². The zero-order chi connectivity index (χ0) is 10.5. The van der Waals surface area contributed by atoms with Gasteiger partial charge in [0.05, 0.1) is 0 Å². The number of nitrogens with one attached hydrogen (secondary N) is 2. The van der Waals surface area contributed by atoms with Gasteiger partial charge in [0.2, 0.25) is 0 Å². The molecule has 1 aromatic heterocycles. The van der Waals surface area contributed by atoms with Gasteiger partial charge in [-0.1, -0.05) is 6.07 Å². The number of aromatic nitrogens is 1. The maximum atomic E-state index is 4.19. The van der Waals surface area contributed by atoms with Crippen LogP contribution in [-0.2, 0) is 0 Å². The van der Waals surface area contributed by atoms with Crippen LogP contribution < -0.4 is 10.6 Å². The Morgan fingerprint density at radius 2 is 1.67 bits per heavy atom. The lowest BCUT2D eigenvalue weighted by molar-refractivity contribution is 1.31. The average molecular weight is 199 g/mol. The molecule has 0 unspecified atom stereocenters. The van der Waals surface area contributed by atoms with Gasteiger partial charge in [-0.2, -0.15) is 0 Å². The minimum Gasteiger partial charge on any atom is -0.388 e. The van der Waals surface area contributed by atoms with Gasteiger partial charge in [0.15, 0.2) is 0 Å². The summed E-state index contributed by atoms with van der Waals surface area (Å²) < 4.78 is 0. The molecule has 1 heterocycles. The number of hydrogen-bond acceptors (Lipinski definition) is 3. The van der Waals surface area contributed by atoms with E-state index in [1.807, 2.05) is 49.5 Å². The summed E-state index contributed by atoms with van der Waals surface area (Å²) in [5, 5.41) is 6.29. The second-order valence-electron chi connectivity index (χ2n) is 3.17. The summed E-state index contributed by atoms with van der Waals surface area (Å²) in [7, 11) is 1.90. The third kappa shape index (κ3) is 2.47. The predicted molar refractivity (Wildman–Crippen MR) is 63.5 cm³/mol. The van der Waals surface area contributed by atoms with Crippen LogP contribution in [0.2, 0.25) is 0 Å². The van der Waals surface area contributed by atoms with Crippen molar-refractivity contribution in [2.45, 2.75) is 0 Å². The van der Waals surface area contributed by atoms with Gasteiger partial charge in [-0.3, -0.25) is 0 Å². The lowest BCUT2D eigenvalue weighted by Crippen LogP contribution is -1.93. The summed E-state index contributed by atoms with van der Waals surface area (Å²) in [5.41, 5.74) is 2.13. The van der Waals surface area contributed by atoms with Gasteiger partial charge in [-0.05, 0) is 36.4 Å². The fourth-order valence-corrected chi connectivity index (χ4v) is 1.30. The van der Waals surface area contributed by atoms with Crippen molar-refractivity contribution < 1.29 is 0 Å². The normalized spacial score (nSPS) is 9.67. The number of rotatable bonds is 3. The predicted octanol–water partition coefficient (Wildman–Crippen LogP) is 2.87. The Hall–Kier alpha value is -2.03. The Labute approximate surface area is 89.2 Å². The van der Waals surface area contributed by atoms with Crippen LogP contribution in [0.5, 0.6) is 0 Å².